The van der Waals surface area contributed by atoms with Gasteiger partial charge in [-0.15, -0.1) is 0 Å². The van der Waals surface area contributed by atoms with Crippen LogP contribution in [0.5, 0.6) is 0 Å². The molecule has 84 valence electrons. The number of imidazole rings is 1. The number of aromatic amines is 2. The van der Waals surface area contributed by atoms with E-state index in [9.17, 15) is 4.79 Å². The van der Waals surface area contributed by atoms with Gasteiger partial charge in [0.2, 0.25) is 0 Å². The van der Waals surface area contributed by atoms with Gasteiger partial charge in [0.1, 0.15) is 11.3 Å². The van der Waals surface area contributed by atoms with Crippen LogP contribution in [0.25, 0.3) is 11.2 Å². The van der Waals surface area contributed by atoms with Crippen LogP contribution < -0.4 is 11.0 Å². The minimum absolute atomic E-state index is 0.396. The number of rotatable bonds is 2. The highest BCUT2D eigenvalue weighted by atomic mass is 16.1. The van der Waals surface area contributed by atoms with Crippen LogP contribution >= 0.6 is 0 Å². The highest BCUT2D eigenvalue weighted by Crippen LogP contribution is 2.18. The number of nitrogens with zero attached hydrogens (tertiary/aromatic N) is 2. The number of para-hydroxylation sites is 1. The summed E-state index contributed by atoms with van der Waals surface area (Å²) in [6, 6.07) is 9.55. The molecule has 1 aromatic carbocycles. The lowest BCUT2D eigenvalue weighted by Gasteiger charge is -2.05. The van der Waals surface area contributed by atoms with Crippen LogP contribution in [0.1, 0.15) is 0 Å². The lowest BCUT2D eigenvalue weighted by atomic mass is 10.3. The lowest BCUT2D eigenvalue weighted by Crippen LogP contribution is -2.12. The van der Waals surface area contributed by atoms with Crippen molar-refractivity contribution in [2.45, 2.75) is 0 Å². The Kier molecular flexibility index (Phi) is 2.11. The Morgan fingerprint density at radius 1 is 1.18 bits per heavy atom. The Hall–Kier alpha value is -2.63. The van der Waals surface area contributed by atoms with E-state index < -0.39 is 5.69 Å². The summed E-state index contributed by atoms with van der Waals surface area (Å²) < 4.78 is 0. The smallest absolute Gasteiger partial charge is 0.340 e. The zero-order chi connectivity index (χ0) is 11.7. The van der Waals surface area contributed by atoms with Crippen LogP contribution in [0.15, 0.2) is 41.5 Å². The topological polar surface area (TPSA) is 86.5 Å². The van der Waals surface area contributed by atoms with Crippen LogP contribution in [-0.4, -0.2) is 19.9 Å². The van der Waals surface area contributed by atoms with Gasteiger partial charge in [0.05, 0.1) is 6.33 Å². The van der Waals surface area contributed by atoms with Gasteiger partial charge in [-0.25, -0.2) is 9.78 Å². The third-order valence-corrected chi connectivity index (χ3v) is 2.35. The monoisotopic (exact) mass is 227 g/mol. The molecule has 6 heteroatoms. The SMILES string of the molecule is O=c1nc2nc[nH]c2c(Nc2ccccc2)[nH]1. The quantitative estimate of drug-likeness (QED) is 0.617. The van der Waals surface area contributed by atoms with Crippen LogP contribution in [0.4, 0.5) is 11.5 Å². The molecule has 0 unspecified atom stereocenters. The van der Waals surface area contributed by atoms with Gasteiger partial charge in [0.15, 0.2) is 5.65 Å². The van der Waals surface area contributed by atoms with E-state index in [1.165, 1.54) is 6.33 Å². The van der Waals surface area contributed by atoms with Crippen molar-refractivity contribution in [1.29, 1.82) is 0 Å². The largest absolute Gasteiger partial charge is 0.348 e. The zero-order valence-corrected chi connectivity index (χ0v) is 8.77. The van der Waals surface area contributed by atoms with E-state index >= 15 is 0 Å². The van der Waals surface area contributed by atoms with Crippen LogP contribution in [-0.2, 0) is 0 Å². The maximum absolute atomic E-state index is 11.3. The molecule has 0 aliphatic carbocycles. The van der Waals surface area contributed by atoms with Gasteiger partial charge in [0.25, 0.3) is 0 Å². The summed E-state index contributed by atoms with van der Waals surface area (Å²) in [5.74, 6) is 0.559. The van der Waals surface area contributed by atoms with E-state index in [-0.39, 0.29) is 0 Å². The number of hydrogen-bond donors (Lipinski definition) is 3. The number of fused-ring (bicyclic) bond motifs is 1. The molecule has 0 bridgehead atoms. The summed E-state index contributed by atoms with van der Waals surface area (Å²) in [5.41, 5.74) is 1.52. The summed E-state index contributed by atoms with van der Waals surface area (Å²) in [6.45, 7) is 0. The molecule has 6 nitrogen and oxygen atoms in total. The second kappa shape index (κ2) is 3.75. The van der Waals surface area contributed by atoms with Gasteiger partial charge in [-0.3, -0.25) is 4.98 Å². The van der Waals surface area contributed by atoms with Crippen LogP contribution in [0, 0.1) is 0 Å². The van der Waals surface area contributed by atoms with Gasteiger partial charge in [-0.1, -0.05) is 18.2 Å². The van der Waals surface area contributed by atoms with E-state index in [0.29, 0.717) is 17.0 Å². The van der Waals surface area contributed by atoms with Crippen LogP contribution in [0.2, 0.25) is 0 Å². The average molecular weight is 227 g/mol. The molecule has 0 spiro atoms. The predicted molar refractivity (Wildman–Crippen MR) is 64.2 cm³/mol. The Bertz CT molecular complexity index is 700. The summed E-state index contributed by atoms with van der Waals surface area (Å²) >= 11 is 0. The van der Waals surface area contributed by atoms with E-state index in [1.807, 2.05) is 30.3 Å². The van der Waals surface area contributed by atoms with Gasteiger partial charge >= 0.3 is 5.69 Å². The first-order chi connectivity index (χ1) is 8.33. The van der Waals surface area contributed by atoms with Crippen molar-refractivity contribution < 1.29 is 0 Å². The molecule has 3 N–H and O–H groups in total. The number of anilines is 2. The van der Waals surface area contributed by atoms with Crippen molar-refractivity contribution in [3.05, 3.63) is 47.1 Å². The molecule has 0 amide bonds. The van der Waals surface area contributed by atoms with Crippen molar-refractivity contribution >= 4 is 22.7 Å². The predicted octanol–water partition coefficient (Wildman–Crippen LogP) is 1.39. The maximum atomic E-state index is 11.3. The zero-order valence-electron chi connectivity index (χ0n) is 8.77. The molecule has 0 atom stereocenters. The molecular formula is C11H9N5O. The first-order valence-corrected chi connectivity index (χ1v) is 5.08. The highest BCUT2D eigenvalue weighted by Gasteiger charge is 2.06. The number of nitrogens with one attached hydrogen (secondary N) is 3. The van der Waals surface area contributed by atoms with Crippen molar-refractivity contribution in [3.63, 3.8) is 0 Å². The first-order valence-electron chi connectivity index (χ1n) is 5.08. The lowest BCUT2D eigenvalue weighted by molar-refractivity contribution is 1.11. The fraction of sp³-hybridized carbons (Fsp3) is 0. The van der Waals surface area contributed by atoms with E-state index in [2.05, 4.69) is 25.3 Å². The van der Waals surface area contributed by atoms with E-state index in [4.69, 9.17) is 0 Å². The van der Waals surface area contributed by atoms with Crippen molar-refractivity contribution in [3.8, 4) is 0 Å². The summed E-state index contributed by atoms with van der Waals surface area (Å²) in [7, 11) is 0. The van der Waals surface area contributed by atoms with Crippen molar-refractivity contribution in [2.75, 3.05) is 5.32 Å². The van der Waals surface area contributed by atoms with E-state index in [1.54, 1.807) is 0 Å². The van der Waals surface area contributed by atoms with Gasteiger partial charge in [-0.2, -0.15) is 4.98 Å². The normalized spacial score (nSPS) is 10.6. The second-order valence-electron chi connectivity index (χ2n) is 3.51. The Labute approximate surface area is 95.7 Å². The average Bonchev–Trinajstić information content (AvgIpc) is 2.78. The van der Waals surface area contributed by atoms with Gasteiger partial charge in [0, 0.05) is 5.69 Å². The first kappa shape index (κ1) is 9.59. The summed E-state index contributed by atoms with van der Waals surface area (Å²) in [6.07, 6.45) is 1.50. The molecule has 0 saturated heterocycles. The summed E-state index contributed by atoms with van der Waals surface area (Å²) in [4.78, 5) is 24.6. The molecule has 0 radical (unpaired) electrons. The molecule has 0 aliphatic rings. The van der Waals surface area contributed by atoms with Crippen molar-refractivity contribution in [2.24, 2.45) is 0 Å². The third kappa shape index (κ3) is 1.76. The second-order valence-corrected chi connectivity index (χ2v) is 3.51. The number of aromatic nitrogens is 4. The maximum Gasteiger partial charge on any atom is 0.348 e. The fourth-order valence-corrected chi connectivity index (χ4v) is 1.61. The fourth-order valence-electron chi connectivity index (χ4n) is 1.61. The number of hydrogen-bond acceptors (Lipinski definition) is 4. The molecule has 3 aromatic rings. The standard InChI is InChI=1S/C11H9N5O/c17-11-15-9-8(12-6-13-9)10(16-11)14-7-4-2-1-3-5-7/h1-6H,(H3,12,13,14,15,16,17). The Morgan fingerprint density at radius 2 is 2.00 bits per heavy atom. The van der Waals surface area contributed by atoms with E-state index in [0.717, 1.165) is 5.69 Å². The third-order valence-electron chi connectivity index (χ3n) is 2.35. The molecule has 3 rings (SSSR count). The Balaban J connectivity index is 2.11. The molecule has 0 saturated carbocycles. The summed E-state index contributed by atoms with van der Waals surface area (Å²) in [5, 5.41) is 3.11. The minimum Gasteiger partial charge on any atom is -0.340 e. The van der Waals surface area contributed by atoms with Gasteiger partial charge in [-0.05, 0) is 12.1 Å². The Morgan fingerprint density at radius 3 is 2.82 bits per heavy atom. The number of benzene rings is 1. The molecule has 2 aromatic heterocycles. The van der Waals surface area contributed by atoms with Crippen LogP contribution in [0.3, 0.4) is 0 Å². The molecule has 0 fully saturated rings. The highest BCUT2D eigenvalue weighted by molar-refractivity contribution is 5.84. The van der Waals surface area contributed by atoms with Gasteiger partial charge < -0.3 is 10.3 Å². The molecule has 17 heavy (non-hydrogen) atoms. The van der Waals surface area contributed by atoms with Crippen molar-refractivity contribution in [1.82, 2.24) is 19.9 Å². The minimum atomic E-state index is -0.428. The molecule has 2 heterocycles. The molecule has 0 aliphatic heterocycles. The number of H-pyrrole nitrogens is 2. The molecular weight excluding hydrogens is 218 g/mol.